The van der Waals surface area contributed by atoms with E-state index in [4.69, 9.17) is 11.6 Å². The minimum Gasteiger partial charge on any atom is -0.325 e. The Morgan fingerprint density at radius 1 is 1.03 bits per heavy atom. The van der Waals surface area contributed by atoms with E-state index in [2.05, 4.69) is 10.6 Å². The molecule has 1 atom stereocenters. The zero-order chi connectivity index (χ0) is 22.4. The van der Waals surface area contributed by atoms with Gasteiger partial charge in [0.15, 0.2) is 0 Å². The van der Waals surface area contributed by atoms with Crippen molar-refractivity contribution in [1.82, 2.24) is 0 Å². The van der Waals surface area contributed by atoms with Crippen molar-refractivity contribution in [2.24, 2.45) is 0 Å². The van der Waals surface area contributed by atoms with Gasteiger partial charge in [0.25, 0.3) is 5.91 Å². The molecule has 0 aliphatic rings. The van der Waals surface area contributed by atoms with Crippen LogP contribution in [0.5, 0.6) is 0 Å². The molecule has 3 aromatic carbocycles. The lowest BCUT2D eigenvalue weighted by Crippen LogP contribution is -2.25. The zero-order valence-electron chi connectivity index (χ0n) is 17.1. The molecule has 7 heteroatoms. The summed E-state index contributed by atoms with van der Waals surface area (Å²) in [5.74, 6) is -1.23. The highest BCUT2D eigenvalue weighted by molar-refractivity contribution is 8.00. The van der Waals surface area contributed by atoms with Gasteiger partial charge in [-0.3, -0.25) is 9.59 Å². The van der Waals surface area contributed by atoms with Crippen molar-refractivity contribution >= 4 is 46.6 Å². The molecule has 0 saturated heterocycles. The van der Waals surface area contributed by atoms with Crippen LogP contribution in [0, 0.1) is 12.7 Å². The molecular weight excluding hydrogens is 435 g/mol. The summed E-state index contributed by atoms with van der Waals surface area (Å²) in [4.78, 5) is 26.0. The van der Waals surface area contributed by atoms with E-state index in [0.717, 1.165) is 10.5 Å². The Balaban J connectivity index is 1.69. The lowest BCUT2D eigenvalue weighted by atomic mass is 10.2. The van der Waals surface area contributed by atoms with E-state index in [1.54, 1.807) is 36.4 Å². The Morgan fingerprint density at radius 3 is 2.52 bits per heavy atom. The van der Waals surface area contributed by atoms with Crippen molar-refractivity contribution in [2.75, 3.05) is 10.6 Å². The monoisotopic (exact) mass is 456 g/mol. The van der Waals surface area contributed by atoms with E-state index < -0.39 is 11.7 Å². The molecular formula is C24H22ClFN2O2S. The van der Waals surface area contributed by atoms with Crippen LogP contribution in [0.25, 0.3) is 0 Å². The van der Waals surface area contributed by atoms with Gasteiger partial charge in [0.2, 0.25) is 5.91 Å². The van der Waals surface area contributed by atoms with Crippen LogP contribution in [0.3, 0.4) is 0 Å². The highest BCUT2D eigenvalue weighted by atomic mass is 35.5. The first-order valence-electron chi connectivity index (χ1n) is 9.77. The van der Waals surface area contributed by atoms with Crippen molar-refractivity contribution in [3.63, 3.8) is 0 Å². The molecule has 0 aliphatic carbocycles. The smallest absolute Gasteiger partial charge is 0.258 e. The molecule has 160 valence electrons. The lowest BCUT2D eigenvalue weighted by Gasteiger charge is -2.17. The predicted molar refractivity (Wildman–Crippen MR) is 126 cm³/mol. The van der Waals surface area contributed by atoms with Crippen molar-refractivity contribution in [1.29, 1.82) is 0 Å². The number of hydrogen-bond acceptors (Lipinski definition) is 3. The molecule has 0 spiro atoms. The van der Waals surface area contributed by atoms with E-state index in [0.29, 0.717) is 22.8 Å². The van der Waals surface area contributed by atoms with Gasteiger partial charge < -0.3 is 10.6 Å². The molecule has 0 bridgehead atoms. The van der Waals surface area contributed by atoms with E-state index in [-0.39, 0.29) is 16.7 Å². The van der Waals surface area contributed by atoms with Gasteiger partial charge in [-0.25, -0.2) is 4.39 Å². The molecule has 3 aromatic rings. The summed E-state index contributed by atoms with van der Waals surface area (Å²) < 4.78 is 13.8. The Labute approximate surface area is 190 Å². The number of anilines is 2. The maximum absolute atomic E-state index is 13.8. The number of hydrogen-bond donors (Lipinski definition) is 2. The van der Waals surface area contributed by atoms with Crippen molar-refractivity contribution in [2.45, 2.75) is 30.4 Å². The molecule has 0 radical (unpaired) electrons. The van der Waals surface area contributed by atoms with Gasteiger partial charge in [-0.2, -0.15) is 0 Å². The third-order valence-corrected chi connectivity index (χ3v) is 6.45. The van der Waals surface area contributed by atoms with Crippen LogP contribution in [-0.2, 0) is 4.79 Å². The van der Waals surface area contributed by atoms with Crippen LogP contribution < -0.4 is 10.6 Å². The third kappa shape index (κ3) is 5.87. The van der Waals surface area contributed by atoms with Gasteiger partial charge in [-0.15, -0.1) is 11.8 Å². The predicted octanol–water partition coefficient (Wildman–Crippen LogP) is 6.55. The van der Waals surface area contributed by atoms with Gasteiger partial charge in [0.1, 0.15) is 5.82 Å². The highest BCUT2D eigenvalue weighted by Gasteiger charge is 2.19. The highest BCUT2D eigenvalue weighted by Crippen LogP contribution is 2.30. The molecule has 1 unspecified atom stereocenters. The summed E-state index contributed by atoms with van der Waals surface area (Å²) >= 11 is 7.53. The Bertz CT molecular complexity index is 1110. The molecule has 0 aromatic heterocycles. The van der Waals surface area contributed by atoms with E-state index in [1.165, 1.54) is 30.0 Å². The van der Waals surface area contributed by atoms with Gasteiger partial charge in [-0.1, -0.05) is 42.8 Å². The summed E-state index contributed by atoms with van der Waals surface area (Å²) in [7, 11) is 0. The minimum absolute atomic E-state index is 0.0248. The normalized spacial score (nSPS) is 11.6. The summed E-state index contributed by atoms with van der Waals surface area (Å²) in [6.45, 7) is 3.79. The molecule has 2 amide bonds. The second-order valence-electron chi connectivity index (χ2n) is 6.88. The molecule has 0 aliphatic heterocycles. The number of benzene rings is 3. The molecule has 0 heterocycles. The van der Waals surface area contributed by atoms with Crippen LogP contribution in [0.2, 0.25) is 5.02 Å². The molecule has 31 heavy (non-hydrogen) atoms. The topological polar surface area (TPSA) is 58.2 Å². The van der Waals surface area contributed by atoms with E-state index in [1.807, 2.05) is 26.0 Å². The number of carbonyl (C=O) groups is 2. The number of rotatable bonds is 7. The Hall–Kier alpha value is -2.83. The fourth-order valence-corrected chi connectivity index (χ4v) is 4.12. The fraction of sp³-hybridized carbons (Fsp3) is 0.167. The second kappa shape index (κ2) is 10.5. The quantitative estimate of drug-likeness (QED) is 0.396. The first-order chi connectivity index (χ1) is 14.9. The van der Waals surface area contributed by atoms with Gasteiger partial charge in [0.05, 0.1) is 10.8 Å². The third-order valence-electron chi connectivity index (χ3n) is 4.68. The molecule has 3 rings (SSSR count). The number of thioether (sulfide) groups is 1. The average Bonchev–Trinajstić information content (AvgIpc) is 2.75. The standard InChI is InChI=1S/C24H22ClFN2O2S/c1-3-22(24(30)28-21-13-7-11-19(25)15(21)2)31-17-9-6-8-16(14-17)27-23(29)18-10-4-5-12-20(18)26/h4-14,22H,3H2,1-2H3,(H,27,29)(H,28,30). The Morgan fingerprint density at radius 2 is 1.77 bits per heavy atom. The summed E-state index contributed by atoms with van der Waals surface area (Å²) in [6.07, 6.45) is 0.613. The number of nitrogens with one attached hydrogen (secondary N) is 2. The largest absolute Gasteiger partial charge is 0.325 e. The lowest BCUT2D eigenvalue weighted by molar-refractivity contribution is -0.115. The van der Waals surface area contributed by atoms with E-state index >= 15 is 0 Å². The summed E-state index contributed by atoms with van der Waals surface area (Å²) in [5, 5.41) is 5.90. The number of halogens is 2. The Kier molecular flexibility index (Phi) is 7.71. The first kappa shape index (κ1) is 22.8. The van der Waals surface area contributed by atoms with Crippen LogP contribution in [0.4, 0.5) is 15.8 Å². The molecule has 2 N–H and O–H groups in total. The molecule has 0 saturated carbocycles. The zero-order valence-corrected chi connectivity index (χ0v) is 18.7. The van der Waals surface area contributed by atoms with E-state index in [9.17, 15) is 14.0 Å². The number of amides is 2. The van der Waals surface area contributed by atoms with Crippen LogP contribution >= 0.6 is 23.4 Å². The van der Waals surface area contributed by atoms with Gasteiger partial charge >= 0.3 is 0 Å². The average molecular weight is 457 g/mol. The van der Waals surface area contributed by atoms with Crippen molar-refractivity contribution in [3.8, 4) is 0 Å². The minimum atomic E-state index is -0.579. The molecule has 0 fully saturated rings. The first-order valence-corrected chi connectivity index (χ1v) is 11.0. The maximum atomic E-state index is 13.8. The summed E-state index contributed by atoms with van der Waals surface area (Å²) in [6, 6.07) is 18.3. The SMILES string of the molecule is CCC(Sc1cccc(NC(=O)c2ccccc2F)c1)C(=O)Nc1cccc(Cl)c1C. The fourth-order valence-electron chi connectivity index (χ4n) is 2.93. The van der Waals surface area contributed by atoms with Crippen LogP contribution in [0.1, 0.15) is 29.3 Å². The second-order valence-corrected chi connectivity index (χ2v) is 8.56. The summed E-state index contributed by atoms with van der Waals surface area (Å²) in [5.41, 5.74) is 2.00. The van der Waals surface area contributed by atoms with Crippen LogP contribution in [-0.4, -0.2) is 17.1 Å². The van der Waals surface area contributed by atoms with Gasteiger partial charge in [0, 0.05) is 21.3 Å². The van der Waals surface area contributed by atoms with Crippen LogP contribution in [0.15, 0.2) is 71.6 Å². The molecule has 4 nitrogen and oxygen atoms in total. The van der Waals surface area contributed by atoms with Crippen molar-refractivity contribution < 1.29 is 14.0 Å². The van der Waals surface area contributed by atoms with Gasteiger partial charge in [-0.05, 0) is 61.4 Å². The number of carbonyl (C=O) groups excluding carboxylic acids is 2. The maximum Gasteiger partial charge on any atom is 0.258 e. The van der Waals surface area contributed by atoms with Crippen molar-refractivity contribution in [3.05, 3.63) is 88.7 Å².